The van der Waals surface area contributed by atoms with E-state index in [0.29, 0.717) is 5.56 Å². The molecule has 0 saturated carbocycles. The number of carboxylic acids is 1. The highest BCUT2D eigenvalue weighted by Gasteiger charge is 2.13. The van der Waals surface area contributed by atoms with Gasteiger partial charge >= 0.3 is 5.97 Å². The first kappa shape index (κ1) is 16.5. The Morgan fingerprint density at radius 3 is 2.60 bits per heavy atom. The molecule has 0 amide bonds. The number of nitrogens with one attached hydrogen (secondary N) is 1. The van der Waals surface area contributed by atoms with Crippen LogP contribution >= 0.6 is 0 Å². The Balaban J connectivity index is 2.77. The quantitative estimate of drug-likeness (QED) is 0.802. The summed E-state index contributed by atoms with van der Waals surface area (Å²) in [6, 6.07) is 4.40. The largest absolute Gasteiger partial charge is 0.478 e. The van der Waals surface area contributed by atoms with E-state index in [-0.39, 0.29) is 29.7 Å². The Labute approximate surface area is 118 Å². The van der Waals surface area contributed by atoms with Crippen molar-refractivity contribution in [2.45, 2.75) is 26.9 Å². The summed E-state index contributed by atoms with van der Waals surface area (Å²) >= 11 is 0. The second kappa shape index (κ2) is 6.71. The Morgan fingerprint density at radius 1 is 1.40 bits per heavy atom. The fourth-order valence-corrected chi connectivity index (χ4v) is 2.44. The zero-order chi connectivity index (χ0) is 15.3. The fraction of sp³-hybridized carbons (Fsp3) is 0.462. The number of hydrogen-bond acceptors (Lipinski definition) is 4. The SMILES string of the molecule is Cc1ccc(NS(=O)(=O)CCOC(C)C)cc1C(=O)O. The molecule has 7 heteroatoms. The minimum Gasteiger partial charge on any atom is -0.478 e. The van der Waals surface area contributed by atoms with Gasteiger partial charge in [0.2, 0.25) is 10.0 Å². The van der Waals surface area contributed by atoms with Crippen molar-refractivity contribution in [1.29, 1.82) is 0 Å². The van der Waals surface area contributed by atoms with Crippen molar-refractivity contribution in [3.63, 3.8) is 0 Å². The van der Waals surface area contributed by atoms with Gasteiger partial charge in [-0.05, 0) is 38.5 Å². The second-order valence-corrected chi connectivity index (χ2v) is 6.52. The van der Waals surface area contributed by atoms with Crippen LogP contribution in [-0.2, 0) is 14.8 Å². The zero-order valence-electron chi connectivity index (χ0n) is 11.7. The molecular weight excluding hydrogens is 282 g/mol. The lowest BCUT2D eigenvalue weighted by atomic mass is 10.1. The molecule has 1 aromatic rings. The summed E-state index contributed by atoms with van der Waals surface area (Å²) in [5, 5.41) is 8.99. The third kappa shape index (κ3) is 5.18. The van der Waals surface area contributed by atoms with Gasteiger partial charge in [-0.15, -0.1) is 0 Å². The van der Waals surface area contributed by atoms with Crippen LogP contribution in [0.15, 0.2) is 18.2 Å². The summed E-state index contributed by atoms with van der Waals surface area (Å²) in [5.41, 5.74) is 0.879. The molecule has 0 aliphatic carbocycles. The molecule has 112 valence electrons. The van der Waals surface area contributed by atoms with Gasteiger partial charge in [-0.2, -0.15) is 0 Å². The molecule has 20 heavy (non-hydrogen) atoms. The standard InChI is InChI=1S/C13H19NO5S/c1-9(2)19-6-7-20(17,18)14-11-5-4-10(3)12(8-11)13(15)16/h4-5,8-9,14H,6-7H2,1-3H3,(H,15,16). The first-order valence-corrected chi connectivity index (χ1v) is 7.82. The number of carbonyl (C=O) groups is 1. The predicted molar refractivity (Wildman–Crippen MR) is 76.6 cm³/mol. The van der Waals surface area contributed by atoms with Crippen LogP contribution in [0.5, 0.6) is 0 Å². The van der Waals surface area contributed by atoms with Crippen LogP contribution in [0, 0.1) is 6.92 Å². The maximum atomic E-state index is 11.8. The van der Waals surface area contributed by atoms with E-state index >= 15 is 0 Å². The highest BCUT2D eigenvalue weighted by atomic mass is 32.2. The van der Waals surface area contributed by atoms with Gasteiger partial charge in [-0.25, -0.2) is 13.2 Å². The first-order valence-electron chi connectivity index (χ1n) is 6.17. The number of rotatable bonds is 7. The van der Waals surface area contributed by atoms with Gasteiger partial charge in [-0.3, -0.25) is 4.72 Å². The average Bonchev–Trinajstić information content (AvgIpc) is 2.30. The number of benzene rings is 1. The van der Waals surface area contributed by atoms with Gasteiger partial charge in [0.1, 0.15) is 0 Å². The van der Waals surface area contributed by atoms with Gasteiger partial charge < -0.3 is 9.84 Å². The number of ether oxygens (including phenoxy) is 1. The highest BCUT2D eigenvalue weighted by molar-refractivity contribution is 7.92. The van der Waals surface area contributed by atoms with E-state index in [4.69, 9.17) is 9.84 Å². The molecule has 0 radical (unpaired) electrons. The summed E-state index contributed by atoms with van der Waals surface area (Å²) in [6.45, 7) is 5.38. The van der Waals surface area contributed by atoms with E-state index in [1.165, 1.54) is 12.1 Å². The molecule has 2 N–H and O–H groups in total. The summed E-state index contributed by atoms with van der Waals surface area (Å²) < 4.78 is 31.1. The molecule has 0 aliphatic heterocycles. The fourth-order valence-electron chi connectivity index (χ4n) is 1.54. The van der Waals surface area contributed by atoms with Gasteiger partial charge in [-0.1, -0.05) is 6.07 Å². The lowest BCUT2D eigenvalue weighted by molar-refractivity contribution is 0.0696. The molecule has 0 aliphatic rings. The van der Waals surface area contributed by atoms with Crippen LogP contribution in [-0.4, -0.2) is 38.0 Å². The average molecular weight is 301 g/mol. The Morgan fingerprint density at radius 2 is 2.05 bits per heavy atom. The van der Waals surface area contributed by atoms with E-state index in [1.807, 2.05) is 13.8 Å². The maximum Gasteiger partial charge on any atom is 0.336 e. The minimum absolute atomic E-state index is 0.0387. The number of carboxylic acid groups (broad SMARTS) is 1. The summed E-state index contributed by atoms with van der Waals surface area (Å²) in [7, 11) is -3.55. The molecule has 0 atom stereocenters. The van der Waals surface area contributed by atoms with Crippen LogP contribution in [0.2, 0.25) is 0 Å². The molecule has 1 aromatic carbocycles. The first-order chi connectivity index (χ1) is 9.21. The van der Waals surface area contributed by atoms with Crippen LogP contribution in [0.3, 0.4) is 0 Å². The molecule has 0 unspecified atom stereocenters. The van der Waals surface area contributed by atoms with E-state index < -0.39 is 16.0 Å². The third-order valence-corrected chi connectivity index (χ3v) is 3.80. The molecule has 0 spiro atoms. The van der Waals surface area contributed by atoms with Crippen molar-refractivity contribution in [1.82, 2.24) is 0 Å². The Kier molecular flexibility index (Phi) is 5.52. The topological polar surface area (TPSA) is 92.7 Å². The Bertz CT molecular complexity index is 580. The van der Waals surface area contributed by atoms with Crippen molar-refractivity contribution in [2.24, 2.45) is 0 Å². The minimum atomic E-state index is -3.55. The molecule has 0 heterocycles. The maximum absolute atomic E-state index is 11.8. The van der Waals surface area contributed by atoms with E-state index in [2.05, 4.69) is 4.72 Å². The van der Waals surface area contributed by atoms with Crippen LogP contribution in [0.25, 0.3) is 0 Å². The van der Waals surface area contributed by atoms with E-state index in [0.717, 1.165) is 0 Å². The third-order valence-electron chi connectivity index (χ3n) is 2.54. The summed E-state index contributed by atoms with van der Waals surface area (Å²) in [5.74, 6) is -1.27. The van der Waals surface area contributed by atoms with Crippen molar-refractivity contribution in [2.75, 3.05) is 17.1 Å². The molecule has 0 saturated heterocycles. The second-order valence-electron chi connectivity index (χ2n) is 4.68. The number of sulfonamides is 1. The molecule has 1 rings (SSSR count). The number of aryl methyl sites for hydroxylation is 1. The van der Waals surface area contributed by atoms with Gasteiger partial charge in [0.25, 0.3) is 0 Å². The summed E-state index contributed by atoms with van der Waals surface area (Å²) in [6.07, 6.45) is -0.0387. The zero-order valence-corrected chi connectivity index (χ0v) is 12.5. The summed E-state index contributed by atoms with van der Waals surface area (Å²) in [4.78, 5) is 11.0. The van der Waals surface area contributed by atoms with Gasteiger partial charge in [0.05, 0.1) is 24.0 Å². The Hall–Kier alpha value is -1.60. The lowest BCUT2D eigenvalue weighted by Crippen LogP contribution is -2.21. The normalized spacial score (nSPS) is 11.6. The predicted octanol–water partition coefficient (Wildman–Crippen LogP) is 1.86. The lowest BCUT2D eigenvalue weighted by Gasteiger charge is -2.11. The van der Waals surface area contributed by atoms with E-state index in [1.54, 1.807) is 13.0 Å². The van der Waals surface area contributed by atoms with E-state index in [9.17, 15) is 13.2 Å². The molecule has 0 aromatic heterocycles. The van der Waals surface area contributed by atoms with Crippen LogP contribution in [0.4, 0.5) is 5.69 Å². The van der Waals surface area contributed by atoms with Gasteiger partial charge in [0, 0.05) is 5.69 Å². The smallest absolute Gasteiger partial charge is 0.336 e. The van der Waals surface area contributed by atoms with Crippen LogP contribution in [0.1, 0.15) is 29.8 Å². The van der Waals surface area contributed by atoms with Crippen LogP contribution < -0.4 is 4.72 Å². The monoisotopic (exact) mass is 301 g/mol. The van der Waals surface area contributed by atoms with Crippen molar-refractivity contribution in [3.05, 3.63) is 29.3 Å². The molecule has 0 bridgehead atoms. The van der Waals surface area contributed by atoms with Gasteiger partial charge in [0.15, 0.2) is 0 Å². The number of anilines is 1. The number of aromatic carboxylic acids is 1. The van der Waals surface area contributed by atoms with Crippen molar-refractivity contribution in [3.8, 4) is 0 Å². The molecule has 0 fully saturated rings. The number of hydrogen-bond donors (Lipinski definition) is 2. The molecule has 6 nitrogen and oxygen atoms in total. The van der Waals surface area contributed by atoms with Crippen molar-refractivity contribution >= 4 is 21.7 Å². The van der Waals surface area contributed by atoms with Crippen molar-refractivity contribution < 1.29 is 23.1 Å². The highest BCUT2D eigenvalue weighted by Crippen LogP contribution is 2.16. The molecular formula is C13H19NO5S.